The molecule has 2 N–H and O–H groups in total. The Labute approximate surface area is 206 Å². The van der Waals surface area contributed by atoms with E-state index in [1.165, 1.54) is 27.7 Å². The highest BCUT2D eigenvalue weighted by atomic mass is 32.2. The number of rotatable bonds is 6. The number of carbonyl (C=O) groups is 2. The van der Waals surface area contributed by atoms with Crippen LogP contribution in [-0.4, -0.2) is 49.1 Å². The van der Waals surface area contributed by atoms with E-state index in [9.17, 15) is 14.4 Å². The van der Waals surface area contributed by atoms with Gasteiger partial charge in [-0.25, -0.2) is 4.68 Å². The van der Waals surface area contributed by atoms with Gasteiger partial charge in [0.15, 0.2) is 0 Å². The normalized spacial score (nSPS) is 13.1. The highest BCUT2D eigenvalue weighted by molar-refractivity contribution is 8.00. The zero-order valence-electron chi connectivity index (χ0n) is 19.7. The number of carbonyl (C=O) groups excluding carboxylic acids is 2. The molecule has 5 rings (SSSR count). The topological polar surface area (TPSA) is 92.1 Å². The third kappa shape index (κ3) is 4.39. The molecule has 9 heteroatoms. The Bertz CT molecular complexity index is 1470. The number of thioether (sulfide) groups is 1. The maximum atomic E-state index is 13.0. The Hall–Kier alpha value is -3.72. The third-order valence-electron chi connectivity index (χ3n) is 6.51. The van der Waals surface area contributed by atoms with Gasteiger partial charge in [-0.15, -0.1) is 11.8 Å². The maximum Gasteiger partial charge on any atom is 0.295 e. The average molecular weight is 490 g/mol. The van der Waals surface area contributed by atoms with Crippen LogP contribution in [-0.2, 0) is 29.6 Å². The molecule has 3 heterocycles. The molecule has 2 aromatic carbocycles. The number of nitrogens with one attached hydrogen (secondary N) is 2. The van der Waals surface area contributed by atoms with Crippen LogP contribution in [0.5, 0.6) is 0 Å². The number of hydrogen-bond acceptors (Lipinski definition) is 4. The van der Waals surface area contributed by atoms with E-state index in [1.54, 1.807) is 18.7 Å². The molecule has 0 bridgehead atoms. The lowest BCUT2D eigenvalue weighted by atomic mass is 10.0. The summed E-state index contributed by atoms with van der Waals surface area (Å²) in [6.45, 7) is 3.03. The molecule has 0 atom stereocenters. The van der Waals surface area contributed by atoms with Crippen molar-refractivity contribution in [2.75, 3.05) is 23.4 Å². The molecule has 0 unspecified atom stereocenters. The zero-order valence-corrected chi connectivity index (χ0v) is 20.5. The van der Waals surface area contributed by atoms with Gasteiger partial charge in [0, 0.05) is 48.7 Å². The van der Waals surface area contributed by atoms with Crippen LogP contribution in [0.2, 0.25) is 0 Å². The van der Waals surface area contributed by atoms with Crippen LogP contribution >= 0.6 is 11.8 Å². The van der Waals surface area contributed by atoms with Crippen molar-refractivity contribution in [3.63, 3.8) is 0 Å². The number of H-pyrrole nitrogens is 1. The largest absolute Gasteiger partial charge is 0.358 e. The third-order valence-corrected chi connectivity index (χ3v) is 7.43. The predicted octanol–water partition coefficient (Wildman–Crippen LogP) is 3.22. The number of benzene rings is 2. The fourth-order valence-corrected chi connectivity index (χ4v) is 5.31. The molecule has 0 saturated carbocycles. The van der Waals surface area contributed by atoms with Crippen molar-refractivity contribution in [3.8, 4) is 5.69 Å². The smallest absolute Gasteiger partial charge is 0.295 e. The summed E-state index contributed by atoms with van der Waals surface area (Å²) in [5.74, 6) is 0.0249. The Kier molecular flexibility index (Phi) is 6.25. The molecule has 1 aliphatic rings. The van der Waals surface area contributed by atoms with Crippen molar-refractivity contribution in [1.29, 1.82) is 0 Å². The summed E-state index contributed by atoms with van der Waals surface area (Å²) in [4.78, 5) is 43.7. The van der Waals surface area contributed by atoms with Gasteiger partial charge in [-0.2, -0.15) is 0 Å². The summed E-state index contributed by atoms with van der Waals surface area (Å²) in [6.07, 6.45) is 0.794. The van der Waals surface area contributed by atoms with Crippen LogP contribution in [0.25, 0.3) is 16.6 Å². The minimum atomic E-state index is -0.300. The van der Waals surface area contributed by atoms with Crippen molar-refractivity contribution in [1.82, 2.24) is 19.2 Å². The van der Waals surface area contributed by atoms with Gasteiger partial charge >= 0.3 is 0 Å². The molecule has 2 amide bonds. The van der Waals surface area contributed by atoms with Gasteiger partial charge in [0.05, 0.1) is 22.9 Å². The van der Waals surface area contributed by atoms with E-state index in [0.29, 0.717) is 18.8 Å². The Balaban J connectivity index is 1.18. The summed E-state index contributed by atoms with van der Waals surface area (Å²) in [5.41, 5.74) is 4.84. The minimum Gasteiger partial charge on any atom is -0.358 e. The average Bonchev–Trinajstić information content (AvgIpc) is 3.34. The highest BCUT2D eigenvalue weighted by Crippen LogP contribution is 2.27. The van der Waals surface area contributed by atoms with Crippen molar-refractivity contribution in [2.24, 2.45) is 7.05 Å². The van der Waals surface area contributed by atoms with E-state index in [-0.39, 0.29) is 34.6 Å². The first-order valence-electron chi connectivity index (χ1n) is 11.5. The number of aromatic amines is 1. The number of nitrogens with zero attached hydrogens (tertiary/aromatic N) is 3. The molecule has 4 aromatic rings. The fraction of sp³-hybridized carbons (Fsp3) is 0.269. The number of aromatic nitrogens is 3. The maximum absolute atomic E-state index is 13.0. The lowest BCUT2D eigenvalue weighted by Crippen LogP contribution is -2.37. The summed E-state index contributed by atoms with van der Waals surface area (Å²) < 4.78 is 3.25. The second-order valence-electron chi connectivity index (χ2n) is 8.67. The van der Waals surface area contributed by atoms with Gasteiger partial charge in [0.25, 0.3) is 5.56 Å². The Morgan fingerprint density at radius 3 is 2.60 bits per heavy atom. The SMILES string of the molecule is Cc1c(NC(=O)CSCC(=O)N2CCc3[nH]c4ccccc4c3C2)c(=O)n(-c2ccccc2)n1C. The molecule has 0 spiro atoms. The number of anilines is 1. The molecular formula is C26H27N5O3S. The summed E-state index contributed by atoms with van der Waals surface area (Å²) in [7, 11) is 1.78. The molecule has 0 aliphatic carbocycles. The molecule has 8 nitrogen and oxygen atoms in total. The summed E-state index contributed by atoms with van der Waals surface area (Å²) >= 11 is 1.26. The first-order valence-corrected chi connectivity index (χ1v) is 12.7. The monoisotopic (exact) mass is 489 g/mol. The lowest BCUT2D eigenvalue weighted by molar-refractivity contribution is -0.129. The molecule has 1 aliphatic heterocycles. The van der Waals surface area contributed by atoms with E-state index in [4.69, 9.17) is 0 Å². The molecule has 0 fully saturated rings. The lowest BCUT2D eigenvalue weighted by Gasteiger charge is -2.27. The zero-order chi connectivity index (χ0) is 24.5. The van der Waals surface area contributed by atoms with Crippen LogP contribution in [0.15, 0.2) is 59.4 Å². The van der Waals surface area contributed by atoms with E-state index in [1.807, 2.05) is 47.4 Å². The molecule has 2 aromatic heterocycles. The number of fused-ring (bicyclic) bond motifs is 3. The van der Waals surface area contributed by atoms with Crippen molar-refractivity contribution in [2.45, 2.75) is 19.9 Å². The van der Waals surface area contributed by atoms with Crippen molar-refractivity contribution >= 4 is 40.2 Å². The second-order valence-corrected chi connectivity index (χ2v) is 9.66. The van der Waals surface area contributed by atoms with Gasteiger partial charge in [-0.3, -0.25) is 19.1 Å². The number of hydrogen-bond donors (Lipinski definition) is 2. The van der Waals surface area contributed by atoms with E-state index < -0.39 is 0 Å². The van der Waals surface area contributed by atoms with Gasteiger partial charge in [-0.1, -0.05) is 36.4 Å². The van der Waals surface area contributed by atoms with E-state index in [2.05, 4.69) is 22.4 Å². The van der Waals surface area contributed by atoms with Crippen LogP contribution in [0.3, 0.4) is 0 Å². The molecule has 35 heavy (non-hydrogen) atoms. The predicted molar refractivity (Wildman–Crippen MR) is 139 cm³/mol. The minimum absolute atomic E-state index is 0.0149. The van der Waals surface area contributed by atoms with Gasteiger partial charge in [0.2, 0.25) is 11.8 Å². The van der Waals surface area contributed by atoms with E-state index in [0.717, 1.165) is 23.0 Å². The summed E-state index contributed by atoms with van der Waals surface area (Å²) in [6, 6.07) is 17.4. The molecule has 180 valence electrons. The van der Waals surface area contributed by atoms with Crippen LogP contribution in [0, 0.1) is 6.92 Å². The Morgan fingerprint density at radius 1 is 1.06 bits per heavy atom. The highest BCUT2D eigenvalue weighted by Gasteiger charge is 2.24. The van der Waals surface area contributed by atoms with Crippen LogP contribution < -0.4 is 10.9 Å². The van der Waals surface area contributed by atoms with Crippen LogP contribution in [0.4, 0.5) is 5.69 Å². The molecule has 0 saturated heterocycles. The quantitative estimate of drug-likeness (QED) is 0.435. The number of amides is 2. The summed E-state index contributed by atoms with van der Waals surface area (Å²) in [5, 5.41) is 3.91. The van der Waals surface area contributed by atoms with Gasteiger partial charge in [-0.05, 0) is 25.1 Å². The van der Waals surface area contributed by atoms with Gasteiger partial charge in [0.1, 0.15) is 5.69 Å². The van der Waals surface area contributed by atoms with Gasteiger partial charge < -0.3 is 15.2 Å². The second kappa shape index (κ2) is 9.50. The van der Waals surface area contributed by atoms with Crippen molar-refractivity contribution in [3.05, 3.63) is 81.9 Å². The fourth-order valence-electron chi connectivity index (χ4n) is 4.59. The van der Waals surface area contributed by atoms with E-state index >= 15 is 0 Å². The standard InChI is InChI=1S/C26H27N5O3S/c1-17-25(26(34)31(29(17)2)18-8-4-3-5-9-18)28-23(32)15-35-16-24(33)30-13-12-22-20(14-30)19-10-6-7-11-21(19)27-22/h3-11,27H,12-16H2,1-2H3,(H,28,32). The van der Waals surface area contributed by atoms with Crippen LogP contribution in [0.1, 0.15) is 17.0 Å². The number of para-hydroxylation sites is 2. The molecule has 0 radical (unpaired) electrons. The van der Waals surface area contributed by atoms with Crippen molar-refractivity contribution < 1.29 is 9.59 Å². The molecular weight excluding hydrogens is 462 g/mol. The Morgan fingerprint density at radius 2 is 1.80 bits per heavy atom. The first-order chi connectivity index (χ1) is 16.9. The first kappa shape index (κ1) is 23.0.